The molecule has 0 amide bonds. The van der Waals surface area contributed by atoms with Crippen LogP contribution in [0.1, 0.15) is 5.56 Å². The first kappa shape index (κ1) is 9.76. The van der Waals surface area contributed by atoms with Crippen molar-refractivity contribution in [2.45, 2.75) is 6.92 Å². The SMILES string of the molecule is C=C.CNc1ccccc1C. The lowest BCUT2D eigenvalue weighted by Crippen LogP contribution is -1.89. The van der Waals surface area contributed by atoms with Gasteiger partial charge in [-0.2, -0.15) is 0 Å². The number of nitrogens with one attached hydrogen (secondary N) is 1. The van der Waals surface area contributed by atoms with Crippen LogP contribution in [0.3, 0.4) is 0 Å². The summed E-state index contributed by atoms with van der Waals surface area (Å²) < 4.78 is 0. The molecule has 1 rings (SSSR count). The lowest BCUT2D eigenvalue weighted by Gasteiger charge is -2.01. The highest BCUT2D eigenvalue weighted by Crippen LogP contribution is 2.10. The van der Waals surface area contributed by atoms with E-state index in [4.69, 9.17) is 0 Å². The van der Waals surface area contributed by atoms with Gasteiger partial charge < -0.3 is 5.32 Å². The standard InChI is InChI=1S/C8H11N.C2H4/c1-7-5-3-4-6-8(7)9-2;1-2/h3-6,9H,1-2H3;1-2H2. The summed E-state index contributed by atoms with van der Waals surface area (Å²) in [6.07, 6.45) is 0. The molecule has 0 radical (unpaired) electrons. The van der Waals surface area contributed by atoms with Crippen molar-refractivity contribution in [3.8, 4) is 0 Å². The van der Waals surface area contributed by atoms with Crippen LogP contribution in [0.25, 0.3) is 0 Å². The molecule has 1 N–H and O–H groups in total. The van der Waals surface area contributed by atoms with Crippen LogP contribution in [0.5, 0.6) is 0 Å². The monoisotopic (exact) mass is 149 g/mol. The lowest BCUT2D eigenvalue weighted by atomic mass is 10.2. The molecule has 1 aromatic carbocycles. The summed E-state index contributed by atoms with van der Waals surface area (Å²) in [5, 5.41) is 3.10. The van der Waals surface area contributed by atoms with Crippen molar-refractivity contribution in [2.75, 3.05) is 12.4 Å². The van der Waals surface area contributed by atoms with E-state index < -0.39 is 0 Å². The Kier molecular flexibility index (Phi) is 4.91. The molecule has 0 aromatic heterocycles. The minimum atomic E-state index is 1.21. The Balaban J connectivity index is 0.000000461. The summed E-state index contributed by atoms with van der Waals surface area (Å²) in [5.74, 6) is 0. The molecule has 0 aliphatic rings. The Morgan fingerprint density at radius 3 is 2.09 bits per heavy atom. The van der Waals surface area contributed by atoms with E-state index in [1.54, 1.807) is 0 Å². The second kappa shape index (κ2) is 5.54. The average Bonchev–Trinajstić information content (AvgIpc) is 2.09. The average molecular weight is 149 g/mol. The molecule has 11 heavy (non-hydrogen) atoms. The molecular formula is C10H15N. The van der Waals surface area contributed by atoms with Gasteiger partial charge in [-0.25, -0.2) is 0 Å². The second-order valence-corrected chi connectivity index (χ2v) is 2.06. The first-order valence-electron chi connectivity index (χ1n) is 3.58. The number of rotatable bonds is 1. The first-order chi connectivity index (χ1) is 5.34. The Hall–Kier alpha value is -1.24. The zero-order chi connectivity index (χ0) is 8.69. The van der Waals surface area contributed by atoms with E-state index in [0.717, 1.165) is 0 Å². The molecule has 0 bridgehead atoms. The quantitative estimate of drug-likeness (QED) is 0.605. The van der Waals surface area contributed by atoms with Gasteiger partial charge >= 0.3 is 0 Å². The molecule has 0 atom stereocenters. The van der Waals surface area contributed by atoms with Gasteiger partial charge in [-0.15, -0.1) is 13.2 Å². The number of anilines is 1. The minimum absolute atomic E-state index is 1.21. The van der Waals surface area contributed by atoms with Crippen molar-refractivity contribution in [1.82, 2.24) is 0 Å². The van der Waals surface area contributed by atoms with Crippen molar-refractivity contribution < 1.29 is 0 Å². The first-order valence-corrected chi connectivity index (χ1v) is 3.58. The fraction of sp³-hybridized carbons (Fsp3) is 0.200. The largest absolute Gasteiger partial charge is 0.388 e. The van der Waals surface area contributed by atoms with Gasteiger partial charge in [-0.1, -0.05) is 18.2 Å². The van der Waals surface area contributed by atoms with Crippen LogP contribution < -0.4 is 5.32 Å². The number of para-hydroxylation sites is 1. The zero-order valence-electron chi connectivity index (χ0n) is 7.22. The van der Waals surface area contributed by atoms with Crippen LogP contribution in [0.15, 0.2) is 37.4 Å². The Morgan fingerprint density at radius 2 is 1.73 bits per heavy atom. The van der Waals surface area contributed by atoms with Gasteiger partial charge in [0.05, 0.1) is 0 Å². The maximum absolute atomic E-state index is 3.10. The molecule has 0 saturated heterocycles. The Labute approximate surface area is 68.8 Å². The molecule has 0 spiro atoms. The van der Waals surface area contributed by atoms with Crippen LogP contribution in [-0.4, -0.2) is 7.05 Å². The van der Waals surface area contributed by atoms with Crippen LogP contribution in [0, 0.1) is 6.92 Å². The van der Waals surface area contributed by atoms with Gasteiger partial charge in [0.2, 0.25) is 0 Å². The molecule has 0 aliphatic heterocycles. The van der Waals surface area contributed by atoms with Gasteiger partial charge in [0.25, 0.3) is 0 Å². The predicted molar refractivity (Wildman–Crippen MR) is 52.0 cm³/mol. The van der Waals surface area contributed by atoms with E-state index >= 15 is 0 Å². The Bertz CT molecular complexity index is 206. The van der Waals surface area contributed by atoms with E-state index in [1.165, 1.54) is 11.3 Å². The van der Waals surface area contributed by atoms with Crippen molar-refractivity contribution in [3.63, 3.8) is 0 Å². The van der Waals surface area contributed by atoms with Crippen molar-refractivity contribution >= 4 is 5.69 Å². The number of hydrogen-bond acceptors (Lipinski definition) is 1. The third kappa shape index (κ3) is 2.89. The van der Waals surface area contributed by atoms with Gasteiger partial charge in [-0.05, 0) is 18.6 Å². The van der Waals surface area contributed by atoms with Crippen molar-refractivity contribution in [2.24, 2.45) is 0 Å². The molecule has 0 aliphatic carbocycles. The van der Waals surface area contributed by atoms with Gasteiger partial charge in [-0.3, -0.25) is 0 Å². The topological polar surface area (TPSA) is 12.0 Å². The highest BCUT2D eigenvalue weighted by atomic mass is 14.8. The number of benzene rings is 1. The highest BCUT2D eigenvalue weighted by Gasteiger charge is 1.88. The van der Waals surface area contributed by atoms with Crippen LogP contribution in [-0.2, 0) is 0 Å². The molecule has 0 fully saturated rings. The van der Waals surface area contributed by atoms with E-state index in [9.17, 15) is 0 Å². The zero-order valence-corrected chi connectivity index (χ0v) is 7.22. The fourth-order valence-corrected chi connectivity index (χ4v) is 0.853. The minimum Gasteiger partial charge on any atom is -0.388 e. The normalized spacial score (nSPS) is 7.82. The van der Waals surface area contributed by atoms with Crippen molar-refractivity contribution in [1.29, 1.82) is 0 Å². The molecule has 1 nitrogen and oxygen atoms in total. The fourth-order valence-electron chi connectivity index (χ4n) is 0.853. The summed E-state index contributed by atoms with van der Waals surface area (Å²) in [7, 11) is 1.93. The Morgan fingerprint density at radius 1 is 1.18 bits per heavy atom. The molecule has 60 valence electrons. The van der Waals surface area contributed by atoms with Crippen molar-refractivity contribution in [3.05, 3.63) is 43.0 Å². The predicted octanol–water partition coefficient (Wildman–Crippen LogP) is 2.84. The molecule has 1 aromatic rings. The molecular weight excluding hydrogens is 134 g/mol. The highest BCUT2D eigenvalue weighted by molar-refractivity contribution is 5.49. The molecule has 0 heterocycles. The summed E-state index contributed by atoms with van der Waals surface area (Å²) >= 11 is 0. The van der Waals surface area contributed by atoms with Crippen LogP contribution >= 0.6 is 0 Å². The molecule has 0 unspecified atom stereocenters. The maximum atomic E-state index is 3.10. The van der Waals surface area contributed by atoms with Crippen LogP contribution in [0.2, 0.25) is 0 Å². The van der Waals surface area contributed by atoms with E-state index in [-0.39, 0.29) is 0 Å². The van der Waals surface area contributed by atoms with E-state index in [2.05, 4.69) is 37.5 Å². The summed E-state index contributed by atoms with van der Waals surface area (Å²) in [5.41, 5.74) is 2.50. The number of aryl methyl sites for hydroxylation is 1. The van der Waals surface area contributed by atoms with Crippen LogP contribution in [0.4, 0.5) is 5.69 Å². The summed E-state index contributed by atoms with van der Waals surface area (Å²) in [6.45, 7) is 8.09. The molecule has 0 saturated carbocycles. The van der Waals surface area contributed by atoms with E-state index in [1.807, 2.05) is 19.2 Å². The molecule has 1 heteroatoms. The second-order valence-electron chi connectivity index (χ2n) is 2.06. The maximum Gasteiger partial charge on any atom is 0.0367 e. The van der Waals surface area contributed by atoms with Gasteiger partial charge in [0.15, 0.2) is 0 Å². The third-order valence-corrected chi connectivity index (χ3v) is 1.41. The van der Waals surface area contributed by atoms with Gasteiger partial charge in [0.1, 0.15) is 0 Å². The number of hydrogen-bond donors (Lipinski definition) is 1. The summed E-state index contributed by atoms with van der Waals surface area (Å²) in [4.78, 5) is 0. The lowest BCUT2D eigenvalue weighted by molar-refractivity contribution is 1.41. The van der Waals surface area contributed by atoms with Gasteiger partial charge in [0, 0.05) is 12.7 Å². The summed E-state index contributed by atoms with van der Waals surface area (Å²) in [6, 6.07) is 8.22. The third-order valence-electron chi connectivity index (χ3n) is 1.41. The van der Waals surface area contributed by atoms with E-state index in [0.29, 0.717) is 0 Å². The smallest absolute Gasteiger partial charge is 0.0367 e.